The van der Waals surface area contributed by atoms with E-state index in [9.17, 15) is 9.59 Å². The maximum absolute atomic E-state index is 12.9. The van der Waals surface area contributed by atoms with Gasteiger partial charge in [-0.25, -0.2) is 4.98 Å². The van der Waals surface area contributed by atoms with Gasteiger partial charge in [0.2, 0.25) is 5.91 Å². The number of thioether (sulfide) groups is 1. The second-order valence-electron chi connectivity index (χ2n) is 8.37. The van der Waals surface area contributed by atoms with Gasteiger partial charge in [-0.15, -0.1) is 0 Å². The quantitative estimate of drug-likeness (QED) is 0.833. The molecular weight excluding hydrogens is 322 g/mol. The van der Waals surface area contributed by atoms with Gasteiger partial charge >= 0.3 is 0 Å². The molecule has 5 nitrogen and oxygen atoms in total. The minimum Gasteiger partial charge on any atom is -0.350 e. The number of nitrogens with one attached hydrogen (secondary N) is 1. The van der Waals surface area contributed by atoms with E-state index in [1.54, 1.807) is 10.8 Å². The van der Waals surface area contributed by atoms with Crippen LogP contribution in [0, 0.1) is 23.7 Å². The van der Waals surface area contributed by atoms with Crippen LogP contribution < -0.4 is 10.9 Å². The zero-order chi connectivity index (χ0) is 16.3. The fourth-order valence-corrected chi connectivity index (χ4v) is 7.00. The van der Waals surface area contributed by atoms with Gasteiger partial charge in [-0.05, 0) is 56.3 Å². The van der Waals surface area contributed by atoms with Gasteiger partial charge < -0.3 is 5.32 Å². The number of carbonyl (C=O) groups is 1. The van der Waals surface area contributed by atoms with Crippen LogP contribution in [0.3, 0.4) is 0 Å². The van der Waals surface area contributed by atoms with Crippen molar-refractivity contribution < 1.29 is 4.79 Å². The van der Waals surface area contributed by atoms with Crippen LogP contribution in [0.4, 0.5) is 0 Å². The van der Waals surface area contributed by atoms with Crippen LogP contribution in [-0.2, 0) is 11.3 Å². The maximum Gasteiger partial charge on any atom is 0.254 e. The van der Waals surface area contributed by atoms with Crippen LogP contribution in [-0.4, -0.2) is 26.8 Å². The van der Waals surface area contributed by atoms with Crippen LogP contribution >= 0.6 is 11.8 Å². The van der Waals surface area contributed by atoms with Crippen molar-refractivity contribution in [3.8, 4) is 0 Å². The number of amides is 1. The highest BCUT2D eigenvalue weighted by molar-refractivity contribution is 7.99. The molecule has 1 N–H and O–H groups in total. The van der Waals surface area contributed by atoms with Gasteiger partial charge in [0.05, 0.1) is 5.92 Å². The predicted octanol–water partition coefficient (Wildman–Crippen LogP) is 2.05. The average molecular weight is 345 g/mol. The van der Waals surface area contributed by atoms with Gasteiger partial charge in [0, 0.05) is 30.1 Å². The molecule has 2 heterocycles. The molecule has 0 saturated heterocycles. The van der Waals surface area contributed by atoms with Crippen LogP contribution in [0.2, 0.25) is 0 Å². The summed E-state index contributed by atoms with van der Waals surface area (Å²) < 4.78 is 1.65. The second kappa shape index (κ2) is 5.35. The Morgan fingerprint density at radius 1 is 1.21 bits per heavy atom. The summed E-state index contributed by atoms with van der Waals surface area (Å²) in [5.41, 5.74) is -0.00348. The SMILES string of the molecule is O=C(NC12CC3CC(CC(C3)C1)C2)C1CSc2nccc(=O)n2C1. The van der Waals surface area contributed by atoms with Crippen LogP contribution in [0.5, 0.6) is 0 Å². The summed E-state index contributed by atoms with van der Waals surface area (Å²) in [6, 6.07) is 1.48. The number of fused-ring (bicyclic) bond motifs is 1. The molecule has 0 spiro atoms. The number of hydrogen-bond acceptors (Lipinski definition) is 4. The number of hydrogen-bond donors (Lipinski definition) is 1. The first-order valence-electron chi connectivity index (χ1n) is 9.11. The van der Waals surface area contributed by atoms with E-state index in [1.807, 2.05) is 0 Å². The minimum atomic E-state index is -0.127. The van der Waals surface area contributed by atoms with Gasteiger partial charge in [-0.2, -0.15) is 0 Å². The van der Waals surface area contributed by atoms with Crippen molar-refractivity contribution in [1.82, 2.24) is 14.9 Å². The summed E-state index contributed by atoms with van der Waals surface area (Å²) in [6.45, 7) is 0.465. The zero-order valence-corrected chi connectivity index (χ0v) is 14.6. The van der Waals surface area contributed by atoms with Crippen molar-refractivity contribution in [1.29, 1.82) is 0 Å². The van der Waals surface area contributed by atoms with E-state index in [-0.39, 0.29) is 22.9 Å². The Kier molecular flexibility index (Phi) is 3.34. The lowest BCUT2D eigenvalue weighted by molar-refractivity contribution is -0.130. The first-order chi connectivity index (χ1) is 11.6. The molecular formula is C18H23N3O2S. The molecule has 1 aromatic heterocycles. The first kappa shape index (κ1) is 15.0. The van der Waals surface area contributed by atoms with Gasteiger partial charge in [-0.1, -0.05) is 11.8 Å². The fraction of sp³-hybridized carbons (Fsp3) is 0.722. The molecule has 6 rings (SSSR count). The molecule has 0 aromatic carbocycles. The zero-order valence-electron chi connectivity index (χ0n) is 13.7. The van der Waals surface area contributed by atoms with E-state index in [0.29, 0.717) is 12.3 Å². The van der Waals surface area contributed by atoms with Crippen molar-refractivity contribution in [2.24, 2.45) is 23.7 Å². The van der Waals surface area contributed by atoms with Gasteiger partial charge in [0.25, 0.3) is 5.56 Å². The van der Waals surface area contributed by atoms with Crippen LogP contribution in [0.25, 0.3) is 0 Å². The number of nitrogens with zero attached hydrogens (tertiary/aromatic N) is 2. The van der Waals surface area contributed by atoms with E-state index >= 15 is 0 Å². The molecule has 1 unspecified atom stereocenters. The van der Waals surface area contributed by atoms with Gasteiger partial charge in [-0.3, -0.25) is 14.2 Å². The molecule has 0 radical (unpaired) electrons. The molecule has 1 aromatic rings. The van der Waals surface area contributed by atoms with Gasteiger partial charge in [0.1, 0.15) is 0 Å². The third kappa shape index (κ3) is 2.41. The molecule has 4 saturated carbocycles. The molecule has 4 bridgehead atoms. The Bertz CT molecular complexity index is 709. The van der Waals surface area contributed by atoms with Crippen molar-refractivity contribution in [2.45, 2.75) is 55.8 Å². The molecule has 24 heavy (non-hydrogen) atoms. The highest BCUT2D eigenvalue weighted by Gasteiger charge is 2.51. The van der Waals surface area contributed by atoms with Crippen molar-refractivity contribution in [3.05, 3.63) is 22.6 Å². The van der Waals surface area contributed by atoms with Gasteiger partial charge in [0.15, 0.2) is 5.16 Å². The summed E-state index contributed by atoms with van der Waals surface area (Å²) in [4.78, 5) is 29.2. The third-order valence-corrected chi connectivity index (χ3v) is 7.67. The largest absolute Gasteiger partial charge is 0.350 e. The summed E-state index contributed by atoms with van der Waals surface area (Å²) in [5, 5.41) is 4.19. The normalized spacial score (nSPS) is 39.5. The monoisotopic (exact) mass is 345 g/mol. The highest BCUT2D eigenvalue weighted by atomic mass is 32.2. The van der Waals surface area contributed by atoms with E-state index in [2.05, 4.69) is 10.3 Å². The smallest absolute Gasteiger partial charge is 0.254 e. The highest BCUT2D eigenvalue weighted by Crippen LogP contribution is 2.55. The molecule has 4 aliphatic carbocycles. The first-order valence-corrected chi connectivity index (χ1v) is 10.1. The molecule has 4 fully saturated rings. The molecule has 5 aliphatic rings. The number of carbonyl (C=O) groups excluding carboxylic acids is 1. The molecule has 128 valence electrons. The Morgan fingerprint density at radius 3 is 2.54 bits per heavy atom. The molecule has 1 amide bonds. The van der Waals surface area contributed by atoms with E-state index in [1.165, 1.54) is 56.4 Å². The predicted molar refractivity (Wildman–Crippen MR) is 91.8 cm³/mol. The van der Waals surface area contributed by atoms with Crippen LogP contribution in [0.15, 0.2) is 22.2 Å². The van der Waals surface area contributed by atoms with Crippen LogP contribution in [0.1, 0.15) is 38.5 Å². The molecule has 6 heteroatoms. The lowest BCUT2D eigenvalue weighted by Gasteiger charge is -2.57. The molecule has 1 aliphatic heterocycles. The fourth-order valence-electron chi connectivity index (χ4n) is 5.94. The Morgan fingerprint density at radius 2 is 1.88 bits per heavy atom. The Labute approximate surface area is 145 Å². The second-order valence-corrected chi connectivity index (χ2v) is 9.36. The maximum atomic E-state index is 12.9. The van der Waals surface area contributed by atoms with Crippen molar-refractivity contribution >= 4 is 17.7 Å². The van der Waals surface area contributed by atoms with Crippen molar-refractivity contribution in [3.63, 3.8) is 0 Å². The Balaban J connectivity index is 1.33. The average Bonchev–Trinajstić information content (AvgIpc) is 2.53. The number of aromatic nitrogens is 2. The summed E-state index contributed by atoms with van der Waals surface area (Å²) in [6.07, 6.45) is 9.19. The van der Waals surface area contributed by atoms with Crippen molar-refractivity contribution in [2.75, 3.05) is 5.75 Å². The lowest BCUT2D eigenvalue weighted by Crippen LogP contribution is -2.61. The summed E-state index contributed by atoms with van der Waals surface area (Å²) in [7, 11) is 0. The molecule has 1 atom stereocenters. The number of rotatable bonds is 2. The topological polar surface area (TPSA) is 64.0 Å². The Hall–Kier alpha value is -1.30. The van der Waals surface area contributed by atoms with E-state index in [4.69, 9.17) is 0 Å². The lowest BCUT2D eigenvalue weighted by atomic mass is 9.53. The van der Waals surface area contributed by atoms with E-state index < -0.39 is 0 Å². The minimum absolute atomic E-state index is 0.0523. The summed E-state index contributed by atoms with van der Waals surface area (Å²) in [5.74, 6) is 3.21. The summed E-state index contributed by atoms with van der Waals surface area (Å²) >= 11 is 1.52. The third-order valence-electron chi connectivity index (χ3n) is 6.51. The standard InChI is InChI=1S/C18H23N3O2S/c22-15-1-2-19-17-21(15)9-14(10-24-17)16(23)20-18-6-11-3-12(7-18)5-13(4-11)8-18/h1-2,11-14H,3-10H2,(H,20,23). The van der Waals surface area contributed by atoms with E-state index in [0.717, 1.165) is 22.9 Å².